The molecule has 3 aromatic rings. The van der Waals surface area contributed by atoms with Gasteiger partial charge in [0, 0.05) is 40.4 Å². The maximum absolute atomic E-state index is 12.2. The predicted octanol–water partition coefficient (Wildman–Crippen LogP) is 5.45. The lowest BCUT2D eigenvalue weighted by molar-refractivity contribution is 0.103. The minimum Gasteiger partial charge on any atom is -0.357 e. The van der Waals surface area contributed by atoms with Crippen LogP contribution in [0.3, 0.4) is 0 Å². The summed E-state index contributed by atoms with van der Waals surface area (Å²) in [6, 6.07) is 11.3. The molecule has 0 aliphatic heterocycles. The van der Waals surface area contributed by atoms with Crippen molar-refractivity contribution in [1.82, 2.24) is 9.97 Å². The first-order valence-electron chi connectivity index (χ1n) is 9.01. The van der Waals surface area contributed by atoms with Crippen LogP contribution in [0.2, 0.25) is 0 Å². The molecule has 8 heteroatoms. The Hall–Kier alpha value is -2.45. The summed E-state index contributed by atoms with van der Waals surface area (Å²) in [6.07, 6.45) is 0. The van der Waals surface area contributed by atoms with Crippen LogP contribution in [0.5, 0.6) is 0 Å². The molecule has 146 valence electrons. The van der Waals surface area contributed by atoms with Crippen molar-refractivity contribution in [2.45, 2.75) is 20.8 Å². The zero-order valence-electron chi connectivity index (χ0n) is 16.0. The number of aromatic nitrogens is 2. The summed E-state index contributed by atoms with van der Waals surface area (Å²) in [5.74, 6) is 2.25. The van der Waals surface area contributed by atoms with Crippen LogP contribution in [0.25, 0.3) is 0 Å². The standard InChI is InChI=1S/C20H22BrN5OS/c1-4-26(5-2)19-11-18(22-13(3)23-19)24-15-6-8-16(9-7-15)25-20(27)17-10-14(21)12-28-17/h6-12H,4-5H2,1-3H3,(H,25,27)(H,22,23,24). The molecule has 2 heterocycles. The Kier molecular flexibility index (Phi) is 6.64. The van der Waals surface area contributed by atoms with Crippen molar-refractivity contribution >= 4 is 56.2 Å². The molecule has 0 aliphatic carbocycles. The second-order valence-electron chi connectivity index (χ2n) is 6.12. The van der Waals surface area contributed by atoms with Crippen LogP contribution in [0.15, 0.2) is 46.3 Å². The van der Waals surface area contributed by atoms with Gasteiger partial charge in [-0.2, -0.15) is 0 Å². The molecule has 0 spiro atoms. The minimum atomic E-state index is -0.119. The van der Waals surface area contributed by atoms with Crippen molar-refractivity contribution in [3.63, 3.8) is 0 Å². The molecular formula is C20H22BrN5OS. The maximum Gasteiger partial charge on any atom is 0.265 e. The molecule has 6 nitrogen and oxygen atoms in total. The highest BCUT2D eigenvalue weighted by molar-refractivity contribution is 9.10. The third-order valence-corrected chi connectivity index (χ3v) is 5.81. The number of nitrogens with one attached hydrogen (secondary N) is 2. The van der Waals surface area contributed by atoms with Gasteiger partial charge in [0.1, 0.15) is 17.5 Å². The SMILES string of the molecule is CCN(CC)c1cc(Nc2ccc(NC(=O)c3cc(Br)cs3)cc2)nc(C)n1. The van der Waals surface area contributed by atoms with Crippen LogP contribution in [-0.4, -0.2) is 29.0 Å². The lowest BCUT2D eigenvalue weighted by Crippen LogP contribution is -2.23. The molecule has 0 saturated heterocycles. The Morgan fingerprint density at radius 2 is 1.79 bits per heavy atom. The zero-order valence-corrected chi connectivity index (χ0v) is 18.4. The van der Waals surface area contributed by atoms with Crippen LogP contribution >= 0.6 is 27.3 Å². The van der Waals surface area contributed by atoms with Crippen molar-refractivity contribution in [1.29, 1.82) is 0 Å². The van der Waals surface area contributed by atoms with E-state index in [0.717, 1.165) is 46.4 Å². The molecule has 0 fully saturated rings. The number of hydrogen-bond acceptors (Lipinski definition) is 6. The number of halogens is 1. The number of rotatable bonds is 7. The Labute approximate surface area is 177 Å². The Morgan fingerprint density at radius 1 is 1.11 bits per heavy atom. The Bertz CT molecular complexity index is 953. The van der Waals surface area contributed by atoms with E-state index in [-0.39, 0.29) is 5.91 Å². The van der Waals surface area contributed by atoms with Gasteiger partial charge in [-0.05, 0) is 67.0 Å². The summed E-state index contributed by atoms with van der Waals surface area (Å²) >= 11 is 4.76. The molecule has 0 radical (unpaired) electrons. The van der Waals surface area contributed by atoms with Gasteiger partial charge in [-0.25, -0.2) is 9.97 Å². The molecule has 0 atom stereocenters. The maximum atomic E-state index is 12.2. The largest absolute Gasteiger partial charge is 0.357 e. The van der Waals surface area contributed by atoms with Crippen molar-refractivity contribution in [3.05, 3.63) is 57.0 Å². The number of hydrogen-bond donors (Lipinski definition) is 2. The van der Waals surface area contributed by atoms with Gasteiger partial charge in [0.2, 0.25) is 0 Å². The molecule has 2 N–H and O–H groups in total. The van der Waals surface area contributed by atoms with E-state index >= 15 is 0 Å². The molecule has 0 bridgehead atoms. The summed E-state index contributed by atoms with van der Waals surface area (Å²) in [7, 11) is 0. The second kappa shape index (κ2) is 9.16. The first kappa shape index (κ1) is 20.3. The van der Waals surface area contributed by atoms with Crippen molar-refractivity contribution in [2.75, 3.05) is 28.6 Å². The first-order chi connectivity index (χ1) is 13.5. The van der Waals surface area contributed by atoms with Crippen LogP contribution in [0, 0.1) is 6.92 Å². The quantitative estimate of drug-likeness (QED) is 0.491. The van der Waals surface area contributed by atoms with E-state index in [2.05, 4.69) is 55.3 Å². The molecule has 1 aromatic carbocycles. The predicted molar refractivity (Wildman–Crippen MR) is 120 cm³/mol. The number of anilines is 4. The van der Waals surface area contributed by atoms with E-state index in [1.807, 2.05) is 42.6 Å². The fourth-order valence-corrected chi connectivity index (χ4v) is 4.06. The average molecular weight is 460 g/mol. The summed E-state index contributed by atoms with van der Waals surface area (Å²) in [6.45, 7) is 7.88. The minimum absolute atomic E-state index is 0.119. The molecule has 1 amide bonds. The van der Waals surface area contributed by atoms with Crippen molar-refractivity contribution < 1.29 is 4.79 Å². The highest BCUT2D eigenvalue weighted by Crippen LogP contribution is 2.23. The average Bonchev–Trinajstić information content (AvgIpc) is 3.10. The smallest absolute Gasteiger partial charge is 0.265 e. The van der Waals surface area contributed by atoms with Gasteiger partial charge in [-0.1, -0.05) is 0 Å². The van der Waals surface area contributed by atoms with E-state index in [4.69, 9.17) is 0 Å². The second-order valence-corrected chi connectivity index (χ2v) is 7.94. The van der Waals surface area contributed by atoms with Gasteiger partial charge in [0.25, 0.3) is 5.91 Å². The number of nitrogens with zero attached hydrogens (tertiary/aromatic N) is 3. The van der Waals surface area contributed by atoms with Gasteiger partial charge >= 0.3 is 0 Å². The number of carbonyl (C=O) groups excluding carboxylic acids is 1. The van der Waals surface area contributed by atoms with E-state index < -0.39 is 0 Å². The van der Waals surface area contributed by atoms with E-state index in [9.17, 15) is 4.79 Å². The summed E-state index contributed by atoms with van der Waals surface area (Å²) in [5.41, 5.74) is 1.63. The summed E-state index contributed by atoms with van der Waals surface area (Å²) < 4.78 is 0.909. The van der Waals surface area contributed by atoms with Gasteiger partial charge < -0.3 is 15.5 Å². The lowest BCUT2D eigenvalue weighted by atomic mass is 10.2. The third kappa shape index (κ3) is 5.08. The summed E-state index contributed by atoms with van der Waals surface area (Å²) in [5, 5.41) is 8.10. The fraction of sp³-hybridized carbons (Fsp3) is 0.250. The van der Waals surface area contributed by atoms with Gasteiger partial charge in [-0.15, -0.1) is 11.3 Å². The van der Waals surface area contributed by atoms with Gasteiger partial charge in [0.15, 0.2) is 0 Å². The number of thiophene rings is 1. The normalized spacial score (nSPS) is 10.6. The molecule has 0 aliphatic rings. The number of aryl methyl sites for hydroxylation is 1. The van der Waals surface area contributed by atoms with Crippen LogP contribution in [0.1, 0.15) is 29.3 Å². The van der Waals surface area contributed by atoms with Crippen molar-refractivity contribution in [2.24, 2.45) is 0 Å². The Morgan fingerprint density at radius 3 is 2.39 bits per heavy atom. The van der Waals surface area contributed by atoms with Gasteiger partial charge in [-0.3, -0.25) is 4.79 Å². The molecule has 28 heavy (non-hydrogen) atoms. The van der Waals surface area contributed by atoms with E-state index in [1.54, 1.807) is 6.07 Å². The molecule has 0 unspecified atom stereocenters. The Balaban J connectivity index is 1.69. The van der Waals surface area contributed by atoms with Crippen molar-refractivity contribution in [3.8, 4) is 0 Å². The molecule has 3 rings (SSSR count). The van der Waals surface area contributed by atoms with Crippen LogP contribution in [-0.2, 0) is 0 Å². The number of carbonyl (C=O) groups is 1. The molecule has 0 saturated carbocycles. The van der Waals surface area contributed by atoms with Crippen LogP contribution in [0.4, 0.5) is 23.0 Å². The molecular weight excluding hydrogens is 438 g/mol. The number of amides is 1. The lowest BCUT2D eigenvalue weighted by Gasteiger charge is -2.20. The van der Waals surface area contributed by atoms with E-state index in [1.165, 1.54) is 11.3 Å². The van der Waals surface area contributed by atoms with Crippen LogP contribution < -0.4 is 15.5 Å². The highest BCUT2D eigenvalue weighted by Gasteiger charge is 2.10. The molecule has 2 aromatic heterocycles. The van der Waals surface area contributed by atoms with E-state index in [0.29, 0.717) is 4.88 Å². The highest BCUT2D eigenvalue weighted by atomic mass is 79.9. The third-order valence-electron chi connectivity index (χ3n) is 4.12. The first-order valence-corrected chi connectivity index (χ1v) is 10.7. The zero-order chi connectivity index (χ0) is 20.1. The summed E-state index contributed by atoms with van der Waals surface area (Å²) in [4.78, 5) is 24.1. The monoisotopic (exact) mass is 459 g/mol. The number of benzene rings is 1. The van der Waals surface area contributed by atoms with Gasteiger partial charge in [0.05, 0.1) is 4.88 Å². The fourth-order valence-electron chi connectivity index (χ4n) is 2.74. The topological polar surface area (TPSA) is 70.2 Å².